The molecule has 1 saturated heterocycles. The highest BCUT2D eigenvalue weighted by Gasteiger charge is 2.19. The van der Waals surface area contributed by atoms with E-state index >= 15 is 0 Å². The number of likely N-dealkylation sites (tertiary alicyclic amines) is 1. The lowest BCUT2D eigenvalue weighted by atomic mass is 10.1. The summed E-state index contributed by atoms with van der Waals surface area (Å²) in [6.45, 7) is 4.26. The van der Waals surface area contributed by atoms with Crippen molar-refractivity contribution in [3.05, 3.63) is 35.2 Å². The van der Waals surface area contributed by atoms with Gasteiger partial charge in [-0.1, -0.05) is 12.1 Å². The van der Waals surface area contributed by atoms with Crippen molar-refractivity contribution in [2.24, 2.45) is 0 Å². The zero-order valence-corrected chi connectivity index (χ0v) is 13.7. The number of nitrogens with zero attached hydrogens (tertiary/aromatic N) is 1. The maximum Gasteiger partial charge on any atom is 0.0679 e. The van der Waals surface area contributed by atoms with Gasteiger partial charge in [-0.15, -0.1) is 23.7 Å². The average molecular weight is 328 g/mol. The first-order valence-corrected chi connectivity index (χ1v) is 8.14. The number of hydrogen-bond acceptors (Lipinski definition) is 4. The largest absolute Gasteiger partial charge is 0.392 e. The number of β-amino-alcohol motifs (C(OH)–C–C–N with tert-alkyl or cyclic N) is 1. The molecule has 0 spiro atoms. The Morgan fingerprint density at radius 3 is 3.00 bits per heavy atom. The zero-order chi connectivity index (χ0) is 13.8. The summed E-state index contributed by atoms with van der Waals surface area (Å²) >= 11 is 1.79. The minimum absolute atomic E-state index is 0. The lowest BCUT2D eigenvalue weighted by Crippen LogP contribution is -2.26. The van der Waals surface area contributed by atoms with Gasteiger partial charge in [-0.2, -0.15) is 0 Å². The van der Waals surface area contributed by atoms with Crippen LogP contribution in [0.2, 0.25) is 0 Å². The number of ether oxygens (including phenoxy) is 1. The number of halogens is 1. The Bertz CT molecular complexity index is 560. The Morgan fingerprint density at radius 2 is 2.19 bits per heavy atom. The van der Waals surface area contributed by atoms with Crippen LogP contribution in [0.3, 0.4) is 0 Å². The van der Waals surface area contributed by atoms with E-state index in [-0.39, 0.29) is 18.5 Å². The Balaban J connectivity index is 0.00000161. The van der Waals surface area contributed by atoms with Gasteiger partial charge in [-0.3, -0.25) is 4.90 Å². The van der Waals surface area contributed by atoms with E-state index in [0.29, 0.717) is 0 Å². The first-order chi connectivity index (χ1) is 9.83. The van der Waals surface area contributed by atoms with E-state index in [1.165, 1.54) is 15.6 Å². The van der Waals surface area contributed by atoms with Crippen LogP contribution < -0.4 is 0 Å². The molecule has 1 aromatic carbocycles. The maximum atomic E-state index is 9.45. The van der Waals surface area contributed by atoms with E-state index in [1.54, 1.807) is 11.3 Å². The molecule has 0 aliphatic carbocycles. The number of benzene rings is 1. The van der Waals surface area contributed by atoms with Crippen LogP contribution >= 0.6 is 23.7 Å². The van der Waals surface area contributed by atoms with E-state index in [4.69, 9.17) is 4.74 Å². The summed E-state index contributed by atoms with van der Waals surface area (Å²) in [5.74, 6) is 0. The predicted molar refractivity (Wildman–Crippen MR) is 90.7 cm³/mol. The number of rotatable bonds is 6. The Hall–Kier alpha value is -0.650. The standard InChI is InChI=1S/C16H21NO2S.ClH/c18-14-4-7-17(12-14)8-10-19-9-5-13-2-1-3-16-15(13)6-11-20-16;/h1-3,6,11,14,18H,4-5,7-10,12H2;1H. The van der Waals surface area contributed by atoms with Crippen LogP contribution in [0.4, 0.5) is 0 Å². The molecule has 3 rings (SSSR count). The van der Waals surface area contributed by atoms with Crippen molar-refractivity contribution in [2.75, 3.05) is 32.8 Å². The van der Waals surface area contributed by atoms with E-state index in [2.05, 4.69) is 34.5 Å². The Morgan fingerprint density at radius 1 is 1.29 bits per heavy atom. The maximum absolute atomic E-state index is 9.45. The van der Waals surface area contributed by atoms with Gasteiger partial charge in [0.2, 0.25) is 0 Å². The lowest BCUT2D eigenvalue weighted by molar-refractivity contribution is 0.106. The highest BCUT2D eigenvalue weighted by Crippen LogP contribution is 2.24. The molecule has 21 heavy (non-hydrogen) atoms. The molecule has 1 aliphatic rings. The summed E-state index contributed by atoms with van der Waals surface area (Å²) in [6.07, 6.45) is 1.74. The van der Waals surface area contributed by atoms with Gasteiger partial charge in [-0.05, 0) is 41.3 Å². The quantitative estimate of drug-likeness (QED) is 0.828. The first kappa shape index (κ1) is 16.7. The second-order valence-electron chi connectivity index (χ2n) is 5.36. The fourth-order valence-electron chi connectivity index (χ4n) is 2.77. The predicted octanol–water partition coefficient (Wildman–Crippen LogP) is 2.95. The molecule has 2 aromatic rings. The molecule has 0 bridgehead atoms. The highest BCUT2D eigenvalue weighted by molar-refractivity contribution is 7.17. The second kappa shape index (κ2) is 8.11. The normalized spacial score (nSPS) is 19.0. The Kier molecular flexibility index (Phi) is 6.45. The van der Waals surface area contributed by atoms with Gasteiger partial charge >= 0.3 is 0 Å². The molecule has 1 aliphatic heterocycles. The van der Waals surface area contributed by atoms with Gasteiger partial charge in [0.15, 0.2) is 0 Å². The van der Waals surface area contributed by atoms with Crippen molar-refractivity contribution in [1.82, 2.24) is 4.90 Å². The molecule has 0 radical (unpaired) electrons. The molecular weight excluding hydrogens is 306 g/mol. The van der Waals surface area contributed by atoms with Crippen molar-refractivity contribution >= 4 is 33.8 Å². The smallest absolute Gasteiger partial charge is 0.0679 e. The molecule has 0 saturated carbocycles. The van der Waals surface area contributed by atoms with Crippen LogP contribution in [0.15, 0.2) is 29.6 Å². The van der Waals surface area contributed by atoms with Crippen LogP contribution in [-0.2, 0) is 11.2 Å². The van der Waals surface area contributed by atoms with Crippen molar-refractivity contribution in [1.29, 1.82) is 0 Å². The van der Waals surface area contributed by atoms with Crippen LogP contribution in [0.1, 0.15) is 12.0 Å². The average Bonchev–Trinajstić information content (AvgIpc) is 3.07. The fourth-order valence-corrected chi connectivity index (χ4v) is 3.60. The van der Waals surface area contributed by atoms with E-state index in [1.807, 2.05) is 0 Å². The van der Waals surface area contributed by atoms with Crippen molar-refractivity contribution in [3.63, 3.8) is 0 Å². The summed E-state index contributed by atoms with van der Waals surface area (Å²) in [6, 6.07) is 8.68. The van der Waals surface area contributed by atoms with Crippen molar-refractivity contribution < 1.29 is 9.84 Å². The summed E-state index contributed by atoms with van der Waals surface area (Å²) in [4.78, 5) is 2.27. The van der Waals surface area contributed by atoms with Gasteiger partial charge in [0.1, 0.15) is 0 Å². The topological polar surface area (TPSA) is 32.7 Å². The second-order valence-corrected chi connectivity index (χ2v) is 6.30. The summed E-state index contributed by atoms with van der Waals surface area (Å²) in [5.41, 5.74) is 1.38. The van der Waals surface area contributed by atoms with Gasteiger partial charge in [-0.25, -0.2) is 0 Å². The van der Waals surface area contributed by atoms with Gasteiger partial charge in [0.05, 0.1) is 19.3 Å². The number of aliphatic hydroxyl groups is 1. The minimum atomic E-state index is -0.133. The SMILES string of the molecule is Cl.OC1CCN(CCOCCc2cccc3sccc23)C1. The van der Waals surface area contributed by atoms with E-state index < -0.39 is 0 Å². The Labute approximate surface area is 135 Å². The van der Waals surface area contributed by atoms with Crippen LogP contribution in [0.25, 0.3) is 10.1 Å². The van der Waals surface area contributed by atoms with Crippen LogP contribution in [0.5, 0.6) is 0 Å². The third-order valence-corrected chi connectivity index (χ3v) is 4.78. The molecule has 5 heteroatoms. The lowest BCUT2D eigenvalue weighted by Gasteiger charge is -2.14. The third-order valence-electron chi connectivity index (χ3n) is 3.90. The summed E-state index contributed by atoms with van der Waals surface area (Å²) in [7, 11) is 0. The van der Waals surface area contributed by atoms with Gasteiger partial charge in [0.25, 0.3) is 0 Å². The molecule has 1 fully saturated rings. The van der Waals surface area contributed by atoms with Crippen molar-refractivity contribution in [3.8, 4) is 0 Å². The molecule has 1 N–H and O–H groups in total. The molecule has 1 unspecified atom stereocenters. The minimum Gasteiger partial charge on any atom is -0.392 e. The highest BCUT2D eigenvalue weighted by atomic mass is 35.5. The number of fused-ring (bicyclic) bond motifs is 1. The third kappa shape index (κ3) is 4.41. The first-order valence-electron chi connectivity index (χ1n) is 7.26. The van der Waals surface area contributed by atoms with E-state index in [0.717, 1.165) is 45.7 Å². The monoisotopic (exact) mass is 327 g/mol. The molecular formula is C16H22ClNO2S. The van der Waals surface area contributed by atoms with Gasteiger partial charge in [0, 0.05) is 24.3 Å². The summed E-state index contributed by atoms with van der Waals surface area (Å²) in [5, 5.41) is 13.0. The van der Waals surface area contributed by atoms with Crippen LogP contribution in [-0.4, -0.2) is 49.0 Å². The zero-order valence-electron chi connectivity index (χ0n) is 12.0. The summed E-state index contributed by atoms with van der Waals surface area (Å²) < 4.78 is 7.10. The molecule has 1 aromatic heterocycles. The fraction of sp³-hybridized carbons (Fsp3) is 0.500. The van der Waals surface area contributed by atoms with Crippen molar-refractivity contribution in [2.45, 2.75) is 18.9 Å². The molecule has 1 atom stereocenters. The molecule has 0 amide bonds. The molecule has 2 heterocycles. The molecule has 3 nitrogen and oxygen atoms in total. The van der Waals surface area contributed by atoms with Crippen LogP contribution in [0, 0.1) is 0 Å². The number of hydrogen-bond donors (Lipinski definition) is 1. The van der Waals surface area contributed by atoms with Gasteiger partial charge < -0.3 is 9.84 Å². The number of aliphatic hydroxyl groups excluding tert-OH is 1. The molecule has 116 valence electrons. The number of thiophene rings is 1. The van der Waals surface area contributed by atoms with E-state index in [9.17, 15) is 5.11 Å².